The zero-order valence-electron chi connectivity index (χ0n) is 16.5. The van der Waals surface area contributed by atoms with E-state index in [1.165, 1.54) is 26.0 Å². The van der Waals surface area contributed by atoms with Gasteiger partial charge in [-0.05, 0) is 56.5 Å². The molecule has 1 atom stereocenters. The zero-order chi connectivity index (χ0) is 21.0. The predicted molar refractivity (Wildman–Crippen MR) is 107 cm³/mol. The Bertz CT molecular complexity index is 917. The van der Waals surface area contributed by atoms with Crippen LogP contribution in [0.15, 0.2) is 48.5 Å². The number of hydrogen-bond acceptors (Lipinski definition) is 4. The van der Waals surface area contributed by atoms with Gasteiger partial charge < -0.3 is 10.1 Å². The number of esters is 1. The first kappa shape index (κ1) is 20.7. The van der Waals surface area contributed by atoms with Crippen molar-refractivity contribution in [1.82, 2.24) is 0 Å². The molecule has 0 spiro atoms. The van der Waals surface area contributed by atoms with Gasteiger partial charge in [-0.1, -0.05) is 37.1 Å². The van der Waals surface area contributed by atoms with Crippen molar-refractivity contribution in [3.8, 4) is 0 Å². The number of carbonyl (C=O) groups excluding carboxylic acids is 3. The molecule has 1 aliphatic carbocycles. The van der Waals surface area contributed by atoms with E-state index in [1.54, 1.807) is 36.4 Å². The maximum atomic E-state index is 13.3. The minimum absolute atomic E-state index is 0.174. The van der Waals surface area contributed by atoms with Crippen LogP contribution in [0.4, 0.5) is 10.1 Å². The number of nitrogens with one attached hydrogen (secondary N) is 1. The molecule has 1 saturated carbocycles. The van der Waals surface area contributed by atoms with Crippen LogP contribution in [0, 0.1) is 5.82 Å². The maximum Gasteiger partial charge on any atom is 0.317 e. The highest BCUT2D eigenvalue weighted by molar-refractivity contribution is 6.04. The van der Waals surface area contributed by atoms with E-state index in [2.05, 4.69) is 5.32 Å². The van der Waals surface area contributed by atoms with E-state index in [1.807, 2.05) is 0 Å². The predicted octanol–water partition coefficient (Wildman–Crippen LogP) is 4.41. The Morgan fingerprint density at radius 3 is 2.28 bits per heavy atom. The maximum absolute atomic E-state index is 13.3. The Balaban J connectivity index is 1.74. The van der Waals surface area contributed by atoms with Crippen LogP contribution in [0.25, 0.3) is 0 Å². The summed E-state index contributed by atoms with van der Waals surface area (Å²) < 4.78 is 18.8. The molecule has 1 N–H and O–H groups in total. The number of Topliss-reactive ketones (excluding diaryl/α,β-unsaturated/α-hetero) is 1. The van der Waals surface area contributed by atoms with Gasteiger partial charge in [-0.25, -0.2) is 4.39 Å². The minimum atomic E-state index is -1.04. The Morgan fingerprint density at radius 2 is 1.66 bits per heavy atom. The lowest BCUT2D eigenvalue weighted by atomic mass is 9.79. The summed E-state index contributed by atoms with van der Waals surface area (Å²) in [6.07, 6.45) is 1.87. The number of amides is 1. The Labute approximate surface area is 169 Å². The van der Waals surface area contributed by atoms with E-state index >= 15 is 0 Å². The standard InChI is InChI=1S/C23H24FNO4/c1-15(26)19-7-3-4-8-20(19)25-21(27)16(2)29-22(28)23(13-5-6-14-23)17-9-11-18(24)12-10-17/h3-4,7-12,16H,5-6,13-14H2,1-2H3,(H,25,27)/t16-/m1/s1. The van der Waals surface area contributed by atoms with Gasteiger partial charge in [-0.15, -0.1) is 0 Å². The molecule has 0 bridgehead atoms. The molecule has 5 nitrogen and oxygen atoms in total. The fourth-order valence-corrected chi connectivity index (χ4v) is 3.82. The summed E-state index contributed by atoms with van der Waals surface area (Å²) in [5, 5.41) is 2.66. The van der Waals surface area contributed by atoms with Crippen LogP contribution in [-0.2, 0) is 19.7 Å². The molecule has 1 amide bonds. The molecule has 6 heteroatoms. The van der Waals surface area contributed by atoms with E-state index in [-0.39, 0.29) is 11.6 Å². The Hall–Kier alpha value is -3.02. The van der Waals surface area contributed by atoms with Crippen LogP contribution in [0.2, 0.25) is 0 Å². The van der Waals surface area contributed by atoms with Crippen molar-refractivity contribution >= 4 is 23.3 Å². The molecule has 0 unspecified atom stereocenters. The third kappa shape index (κ3) is 4.36. The van der Waals surface area contributed by atoms with Gasteiger partial charge in [0.2, 0.25) is 0 Å². The van der Waals surface area contributed by atoms with Crippen LogP contribution < -0.4 is 5.32 Å². The van der Waals surface area contributed by atoms with Gasteiger partial charge in [0.25, 0.3) is 5.91 Å². The molecule has 1 aliphatic rings. The zero-order valence-corrected chi connectivity index (χ0v) is 16.5. The summed E-state index contributed by atoms with van der Waals surface area (Å²) in [5.41, 5.74) is 0.607. The quantitative estimate of drug-likeness (QED) is 0.579. The molecule has 0 saturated heterocycles. The van der Waals surface area contributed by atoms with Gasteiger partial charge in [0.05, 0.1) is 11.1 Å². The first-order valence-corrected chi connectivity index (χ1v) is 9.71. The highest BCUT2D eigenvalue weighted by Gasteiger charge is 2.45. The minimum Gasteiger partial charge on any atom is -0.452 e. The lowest BCUT2D eigenvalue weighted by Crippen LogP contribution is -2.40. The number of para-hydroxylation sites is 1. The van der Waals surface area contributed by atoms with Crippen molar-refractivity contribution < 1.29 is 23.5 Å². The van der Waals surface area contributed by atoms with Gasteiger partial charge in [-0.2, -0.15) is 0 Å². The molecule has 152 valence electrons. The van der Waals surface area contributed by atoms with Crippen LogP contribution in [-0.4, -0.2) is 23.8 Å². The van der Waals surface area contributed by atoms with Crippen molar-refractivity contribution in [2.24, 2.45) is 0 Å². The highest BCUT2D eigenvalue weighted by atomic mass is 19.1. The van der Waals surface area contributed by atoms with E-state index < -0.39 is 23.4 Å². The van der Waals surface area contributed by atoms with Crippen molar-refractivity contribution in [3.05, 3.63) is 65.5 Å². The van der Waals surface area contributed by atoms with Gasteiger partial charge >= 0.3 is 5.97 Å². The normalized spacial score (nSPS) is 16.1. The number of ketones is 1. The lowest BCUT2D eigenvalue weighted by molar-refractivity contribution is -0.159. The molecule has 3 rings (SSSR count). The third-order valence-electron chi connectivity index (χ3n) is 5.46. The number of rotatable bonds is 6. The number of hydrogen-bond donors (Lipinski definition) is 1. The van der Waals surface area contributed by atoms with Crippen LogP contribution in [0.1, 0.15) is 55.5 Å². The second kappa shape index (κ2) is 8.55. The summed E-state index contributed by atoms with van der Waals surface area (Å²) in [5.74, 6) is -1.54. The molecule has 0 heterocycles. The fourth-order valence-electron chi connectivity index (χ4n) is 3.82. The van der Waals surface area contributed by atoms with E-state index in [4.69, 9.17) is 4.74 Å². The topological polar surface area (TPSA) is 72.5 Å². The molecule has 0 radical (unpaired) electrons. The van der Waals surface area contributed by atoms with Gasteiger partial charge in [0.1, 0.15) is 5.82 Å². The number of carbonyl (C=O) groups is 3. The largest absolute Gasteiger partial charge is 0.452 e. The summed E-state index contributed by atoms with van der Waals surface area (Å²) >= 11 is 0. The summed E-state index contributed by atoms with van der Waals surface area (Å²) in [6.45, 7) is 2.91. The monoisotopic (exact) mass is 397 g/mol. The van der Waals surface area contributed by atoms with Crippen LogP contribution >= 0.6 is 0 Å². The van der Waals surface area contributed by atoms with Crippen molar-refractivity contribution in [2.45, 2.75) is 51.0 Å². The smallest absolute Gasteiger partial charge is 0.317 e. The fraction of sp³-hybridized carbons (Fsp3) is 0.348. The molecule has 1 fully saturated rings. The molecular weight excluding hydrogens is 373 g/mol. The number of anilines is 1. The third-order valence-corrected chi connectivity index (χ3v) is 5.46. The Kier molecular flexibility index (Phi) is 6.11. The summed E-state index contributed by atoms with van der Waals surface area (Å²) in [4.78, 5) is 37.3. The van der Waals surface area contributed by atoms with Gasteiger partial charge in [0.15, 0.2) is 11.9 Å². The van der Waals surface area contributed by atoms with Crippen molar-refractivity contribution in [1.29, 1.82) is 0 Å². The van der Waals surface area contributed by atoms with E-state index in [9.17, 15) is 18.8 Å². The van der Waals surface area contributed by atoms with E-state index in [0.717, 1.165) is 12.8 Å². The number of benzene rings is 2. The van der Waals surface area contributed by atoms with Gasteiger partial charge in [-0.3, -0.25) is 14.4 Å². The molecule has 29 heavy (non-hydrogen) atoms. The second-order valence-electron chi connectivity index (χ2n) is 7.43. The van der Waals surface area contributed by atoms with Gasteiger partial charge in [0, 0.05) is 5.56 Å². The average molecular weight is 397 g/mol. The molecule has 2 aromatic carbocycles. The highest BCUT2D eigenvalue weighted by Crippen LogP contribution is 2.42. The van der Waals surface area contributed by atoms with Crippen molar-refractivity contribution in [3.63, 3.8) is 0 Å². The van der Waals surface area contributed by atoms with Crippen LogP contribution in [0.5, 0.6) is 0 Å². The van der Waals surface area contributed by atoms with Crippen LogP contribution in [0.3, 0.4) is 0 Å². The average Bonchev–Trinajstić information content (AvgIpc) is 3.20. The first-order valence-electron chi connectivity index (χ1n) is 9.71. The Morgan fingerprint density at radius 1 is 1.03 bits per heavy atom. The second-order valence-corrected chi connectivity index (χ2v) is 7.43. The lowest BCUT2D eigenvalue weighted by Gasteiger charge is -2.28. The molecular formula is C23H24FNO4. The first-order chi connectivity index (χ1) is 13.8. The van der Waals surface area contributed by atoms with Crippen molar-refractivity contribution in [2.75, 3.05) is 5.32 Å². The van der Waals surface area contributed by atoms with E-state index in [0.29, 0.717) is 29.7 Å². The number of ether oxygens (including phenoxy) is 1. The SMILES string of the molecule is CC(=O)c1ccccc1NC(=O)[C@@H](C)OC(=O)C1(c2ccc(F)cc2)CCCC1. The molecule has 0 aromatic heterocycles. The number of halogens is 1. The molecule has 0 aliphatic heterocycles. The molecule has 2 aromatic rings. The summed E-state index contributed by atoms with van der Waals surface area (Å²) in [6, 6.07) is 12.5. The summed E-state index contributed by atoms with van der Waals surface area (Å²) in [7, 11) is 0.